The molecule has 12 heavy (non-hydrogen) atoms. The van der Waals surface area contributed by atoms with Crippen molar-refractivity contribution in [3.8, 4) is 0 Å². The zero-order valence-corrected chi connectivity index (χ0v) is 8.10. The lowest BCUT2D eigenvalue weighted by molar-refractivity contribution is -0.125. The van der Waals surface area contributed by atoms with Gasteiger partial charge in [0.25, 0.3) is 0 Å². The van der Waals surface area contributed by atoms with Crippen molar-refractivity contribution >= 4 is 5.78 Å². The lowest BCUT2D eigenvalue weighted by Crippen LogP contribution is -2.23. The molecule has 68 valence electrons. The first-order valence-corrected chi connectivity index (χ1v) is 4.76. The highest BCUT2D eigenvalue weighted by atomic mass is 16.1. The van der Waals surface area contributed by atoms with E-state index in [1.54, 1.807) is 0 Å². The van der Waals surface area contributed by atoms with Crippen LogP contribution in [0.4, 0.5) is 0 Å². The number of rotatable bonds is 2. The van der Waals surface area contributed by atoms with E-state index in [2.05, 4.69) is 13.5 Å². The molecule has 1 aliphatic rings. The Morgan fingerprint density at radius 3 is 2.92 bits per heavy atom. The molecule has 0 amide bonds. The predicted octanol–water partition coefficient (Wildman–Crippen LogP) is 2.96. The minimum Gasteiger partial charge on any atom is -0.299 e. The van der Waals surface area contributed by atoms with Crippen molar-refractivity contribution in [2.75, 3.05) is 0 Å². The molecule has 1 aliphatic carbocycles. The van der Waals surface area contributed by atoms with Crippen LogP contribution in [0.15, 0.2) is 12.2 Å². The number of allylic oxidation sites excluding steroid dienone is 1. The van der Waals surface area contributed by atoms with Crippen molar-refractivity contribution in [1.82, 2.24) is 0 Å². The number of carbonyl (C=O) groups is 1. The first kappa shape index (κ1) is 9.50. The summed E-state index contributed by atoms with van der Waals surface area (Å²) in [5.74, 6) is 1.47. The molecule has 0 saturated heterocycles. The first-order valence-electron chi connectivity index (χ1n) is 4.76. The van der Waals surface area contributed by atoms with E-state index in [1.165, 1.54) is 0 Å². The Hall–Kier alpha value is -0.590. The van der Waals surface area contributed by atoms with Crippen molar-refractivity contribution in [2.24, 2.45) is 11.8 Å². The summed E-state index contributed by atoms with van der Waals surface area (Å²) in [7, 11) is 0. The fourth-order valence-corrected chi connectivity index (χ4v) is 1.95. The maximum absolute atomic E-state index is 11.4. The van der Waals surface area contributed by atoms with Crippen LogP contribution >= 0.6 is 0 Å². The molecule has 0 aromatic rings. The Morgan fingerprint density at radius 2 is 2.33 bits per heavy atom. The van der Waals surface area contributed by atoms with Gasteiger partial charge in [-0.15, -0.1) is 6.58 Å². The monoisotopic (exact) mass is 166 g/mol. The van der Waals surface area contributed by atoms with Gasteiger partial charge in [0.1, 0.15) is 5.78 Å². The molecular weight excluding hydrogens is 148 g/mol. The fourth-order valence-electron chi connectivity index (χ4n) is 1.95. The largest absolute Gasteiger partial charge is 0.299 e. The van der Waals surface area contributed by atoms with E-state index in [0.717, 1.165) is 37.2 Å². The normalized spacial score (nSPS) is 30.3. The van der Waals surface area contributed by atoms with Crippen molar-refractivity contribution in [1.29, 1.82) is 0 Å². The molecule has 2 unspecified atom stereocenters. The van der Waals surface area contributed by atoms with E-state index in [1.807, 2.05) is 6.92 Å². The van der Waals surface area contributed by atoms with Crippen LogP contribution in [0.1, 0.15) is 39.5 Å². The zero-order valence-electron chi connectivity index (χ0n) is 8.10. The van der Waals surface area contributed by atoms with Crippen molar-refractivity contribution < 1.29 is 4.79 Å². The third-order valence-corrected chi connectivity index (χ3v) is 2.62. The SMILES string of the molecule is C=C(C)CC1CC(C)CCC1=O. The molecule has 0 N–H and O–H groups in total. The summed E-state index contributed by atoms with van der Waals surface area (Å²) in [6, 6.07) is 0. The second-order valence-electron chi connectivity index (χ2n) is 4.20. The Balaban J connectivity index is 2.49. The minimum absolute atomic E-state index is 0.284. The topological polar surface area (TPSA) is 17.1 Å². The number of Topliss-reactive ketones (excluding diaryl/α,β-unsaturated/α-hetero) is 1. The Bertz CT molecular complexity index is 193. The highest BCUT2D eigenvalue weighted by Crippen LogP contribution is 2.29. The van der Waals surface area contributed by atoms with Gasteiger partial charge < -0.3 is 0 Å². The van der Waals surface area contributed by atoms with Gasteiger partial charge in [-0.05, 0) is 32.1 Å². The zero-order chi connectivity index (χ0) is 9.14. The van der Waals surface area contributed by atoms with Gasteiger partial charge in [-0.1, -0.05) is 12.5 Å². The van der Waals surface area contributed by atoms with Crippen LogP contribution in [0.25, 0.3) is 0 Å². The van der Waals surface area contributed by atoms with E-state index < -0.39 is 0 Å². The average Bonchev–Trinajstić information content (AvgIpc) is 1.96. The van der Waals surface area contributed by atoms with Crippen LogP contribution < -0.4 is 0 Å². The quantitative estimate of drug-likeness (QED) is 0.576. The molecule has 0 aromatic heterocycles. The van der Waals surface area contributed by atoms with Gasteiger partial charge >= 0.3 is 0 Å². The number of ketones is 1. The molecule has 1 rings (SSSR count). The van der Waals surface area contributed by atoms with Crippen LogP contribution in [-0.4, -0.2) is 5.78 Å². The van der Waals surface area contributed by atoms with Crippen LogP contribution in [0.3, 0.4) is 0 Å². The molecule has 1 heteroatoms. The summed E-state index contributed by atoms with van der Waals surface area (Å²) in [4.78, 5) is 11.4. The second kappa shape index (κ2) is 3.88. The van der Waals surface area contributed by atoms with Crippen LogP contribution in [0.2, 0.25) is 0 Å². The number of hydrogen-bond acceptors (Lipinski definition) is 1. The summed E-state index contributed by atoms with van der Waals surface area (Å²) < 4.78 is 0. The van der Waals surface area contributed by atoms with Gasteiger partial charge in [-0.2, -0.15) is 0 Å². The molecular formula is C11H18O. The highest BCUT2D eigenvalue weighted by molar-refractivity contribution is 5.81. The van der Waals surface area contributed by atoms with Gasteiger partial charge in [0.2, 0.25) is 0 Å². The van der Waals surface area contributed by atoms with Crippen LogP contribution in [-0.2, 0) is 4.79 Å². The van der Waals surface area contributed by atoms with Gasteiger partial charge in [0.05, 0.1) is 0 Å². The predicted molar refractivity (Wildman–Crippen MR) is 50.9 cm³/mol. The standard InChI is InChI=1S/C11H18O/c1-8(2)6-10-7-9(3)4-5-11(10)12/h9-10H,1,4-7H2,2-3H3. The minimum atomic E-state index is 0.284. The molecule has 0 spiro atoms. The molecule has 1 fully saturated rings. The lowest BCUT2D eigenvalue weighted by Gasteiger charge is -2.25. The fraction of sp³-hybridized carbons (Fsp3) is 0.727. The molecule has 1 saturated carbocycles. The van der Waals surface area contributed by atoms with Gasteiger partial charge in [-0.3, -0.25) is 4.79 Å². The molecule has 0 radical (unpaired) electrons. The van der Waals surface area contributed by atoms with Gasteiger partial charge in [0, 0.05) is 12.3 Å². The molecule has 0 aromatic carbocycles. The van der Waals surface area contributed by atoms with E-state index in [4.69, 9.17) is 0 Å². The molecule has 0 bridgehead atoms. The van der Waals surface area contributed by atoms with E-state index in [9.17, 15) is 4.79 Å². The summed E-state index contributed by atoms with van der Waals surface area (Å²) in [6.45, 7) is 8.10. The molecule has 1 nitrogen and oxygen atoms in total. The first-order chi connectivity index (χ1) is 5.59. The summed E-state index contributed by atoms with van der Waals surface area (Å²) in [5.41, 5.74) is 1.14. The Labute approximate surface area is 74.9 Å². The Morgan fingerprint density at radius 1 is 1.67 bits per heavy atom. The van der Waals surface area contributed by atoms with Gasteiger partial charge in [0.15, 0.2) is 0 Å². The van der Waals surface area contributed by atoms with Crippen LogP contribution in [0, 0.1) is 11.8 Å². The van der Waals surface area contributed by atoms with Crippen LogP contribution in [0.5, 0.6) is 0 Å². The van der Waals surface area contributed by atoms with E-state index in [0.29, 0.717) is 5.78 Å². The Kier molecular flexibility index (Phi) is 3.07. The number of carbonyl (C=O) groups excluding carboxylic acids is 1. The second-order valence-corrected chi connectivity index (χ2v) is 4.20. The maximum Gasteiger partial charge on any atom is 0.136 e. The summed E-state index contributed by atoms with van der Waals surface area (Å²) in [6.07, 6.45) is 3.86. The smallest absolute Gasteiger partial charge is 0.136 e. The highest BCUT2D eigenvalue weighted by Gasteiger charge is 2.25. The molecule has 0 heterocycles. The van der Waals surface area contributed by atoms with E-state index in [-0.39, 0.29) is 5.92 Å². The third kappa shape index (κ3) is 2.47. The summed E-state index contributed by atoms with van der Waals surface area (Å²) >= 11 is 0. The summed E-state index contributed by atoms with van der Waals surface area (Å²) in [5, 5.41) is 0. The van der Waals surface area contributed by atoms with Gasteiger partial charge in [-0.25, -0.2) is 0 Å². The number of hydrogen-bond donors (Lipinski definition) is 0. The maximum atomic E-state index is 11.4. The van der Waals surface area contributed by atoms with Crippen molar-refractivity contribution in [3.05, 3.63) is 12.2 Å². The lowest BCUT2D eigenvalue weighted by atomic mass is 9.79. The van der Waals surface area contributed by atoms with E-state index >= 15 is 0 Å². The third-order valence-electron chi connectivity index (χ3n) is 2.62. The average molecular weight is 166 g/mol. The molecule has 0 aliphatic heterocycles. The van der Waals surface area contributed by atoms with Crippen molar-refractivity contribution in [3.63, 3.8) is 0 Å². The molecule has 2 atom stereocenters. The van der Waals surface area contributed by atoms with Crippen molar-refractivity contribution in [2.45, 2.75) is 39.5 Å².